The van der Waals surface area contributed by atoms with Gasteiger partial charge in [-0.3, -0.25) is 0 Å². The Bertz CT molecular complexity index is 981. The number of anilines is 1. The van der Waals surface area contributed by atoms with E-state index in [0.29, 0.717) is 18.8 Å². The topological polar surface area (TPSA) is 75.4 Å². The molecule has 26 heavy (non-hydrogen) atoms. The highest BCUT2D eigenvalue weighted by Gasteiger charge is 2.20. The first-order chi connectivity index (χ1) is 12.6. The predicted molar refractivity (Wildman–Crippen MR) is 102 cm³/mol. The zero-order chi connectivity index (χ0) is 18.0. The first-order valence-electron chi connectivity index (χ1n) is 8.45. The second-order valence-corrected chi connectivity index (χ2v) is 9.05. The van der Waals surface area contributed by atoms with Gasteiger partial charge in [0.15, 0.2) is 5.76 Å². The molecule has 0 fully saturated rings. The summed E-state index contributed by atoms with van der Waals surface area (Å²) in [6, 6.07) is 11.6. The van der Waals surface area contributed by atoms with Crippen LogP contribution in [0.25, 0.3) is 11.3 Å². The van der Waals surface area contributed by atoms with Gasteiger partial charge in [0.2, 0.25) is 10.0 Å². The number of sulfonamides is 1. The molecule has 0 amide bonds. The summed E-state index contributed by atoms with van der Waals surface area (Å²) < 4.78 is 33.1. The number of hydrogen-bond acceptors (Lipinski definition) is 6. The SMILES string of the molecule is O=S(=O)(NCCN1CCCc2ccccc21)c1cc(-c2ccno2)cs1. The quantitative estimate of drug-likeness (QED) is 0.701. The maximum absolute atomic E-state index is 12.5. The van der Waals surface area contributed by atoms with Gasteiger partial charge in [0.1, 0.15) is 4.21 Å². The Hall–Kier alpha value is -2.16. The molecule has 1 N–H and O–H groups in total. The molecule has 8 heteroatoms. The summed E-state index contributed by atoms with van der Waals surface area (Å²) in [5, 5.41) is 5.41. The van der Waals surface area contributed by atoms with Gasteiger partial charge in [0.05, 0.1) is 6.20 Å². The summed E-state index contributed by atoms with van der Waals surface area (Å²) in [5.41, 5.74) is 3.26. The van der Waals surface area contributed by atoms with Crippen LogP contribution in [0.2, 0.25) is 0 Å². The average Bonchev–Trinajstić information content (AvgIpc) is 3.33. The number of thiophene rings is 1. The van der Waals surface area contributed by atoms with Crippen molar-refractivity contribution < 1.29 is 12.9 Å². The zero-order valence-corrected chi connectivity index (χ0v) is 15.7. The van der Waals surface area contributed by atoms with Crippen molar-refractivity contribution in [3.63, 3.8) is 0 Å². The van der Waals surface area contributed by atoms with E-state index in [1.807, 2.05) is 12.1 Å². The molecule has 0 radical (unpaired) electrons. The molecule has 0 bridgehead atoms. The van der Waals surface area contributed by atoms with Crippen LogP contribution in [-0.2, 0) is 16.4 Å². The fourth-order valence-corrected chi connectivity index (χ4v) is 5.42. The van der Waals surface area contributed by atoms with E-state index >= 15 is 0 Å². The number of nitrogens with zero attached hydrogens (tertiary/aromatic N) is 2. The Morgan fingerprint density at radius 2 is 2.15 bits per heavy atom. The van der Waals surface area contributed by atoms with Crippen molar-refractivity contribution in [1.82, 2.24) is 9.88 Å². The second kappa shape index (κ2) is 7.22. The third-order valence-corrected chi connectivity index (χ3v) is 7.34. The standard InChI is InChI=1S/C18H19N3O3S2/c22-26(23,18-12-15(13-25-18)17-7-8-19-24-17)20-9-11-21-10-3-5-14-4-1-2-6-16(14)21/h1-2,4,6-8,12-13,20H,3,5,9-11H2. The number of nitrogens with one attached hydrogen (secondary N) is 1. The zero-order valence-electron chi connectivity index (χ0n) is 14.1. The summed E-state index contributed by atoms with van der Waals surface area (Å²) in [6.45, 7) is 1.97. The molecule has 0 aliphatic carbocycles. The number of benzene rings is 1. The minimum Gasteiger partial charge on any atom is -0.370 e. The lowest BCUT2D eigenvalue weighted by Crippen LogP contribution is -2.37. The third kappa shape index (κ3) is 3.53. The van der Waals surface area contributed by atoms with Crippen LogP contribution in [0.3, 0.4) is 0 Å². The van der Waals surface area contributed by atoms with Gasteiger partial charge in [0.25, 0.3) is 0 Å². The van der Waals surface area contributed by atoms with Crippen LogP contribution in [0.5, 0.6) is 0 Å². The van der Waals surface area contributed by atoms with Gasteiger partial charge in [-0.2, -0.15) is 0 Å². The Balaban J connectivity index is 1.40. The molecule has 0 spiro atoms. The lowest BCUT2D eigenvalue weighted by molar-refractivity contribution is 0.432. The molecule has 6 nitrogen and oxygen atoms in total. The van der Waals surface area contributed by atoms with Crippen LogP contribution in [-0.4, -0.2) is 33.2 Å². The highest BCUT2D eigenvalue weighted by molar-refractivity contribution is 7.91. The van der Waals surface area contributed by atoms with Crippen molar-refractivity contribution in [2.45, 2.75) is 17.1 Å². The van der Waals surface area contributed by atoms with Crippen LogP contribution in [0.4, 0.5) is 5.69 Å². The van der Waals surface area contributed by atoms with Crippen LogP contribution < -0.4 is 9.62 Å². The minimum absolute atomic E-state index is 0.281. The van der Waals surface area contributed by atoms with E-state index in [2.05, 4.69) is 26.9 Å². The Morgan fingerprint density at radius 1 is 1.27 bits per heavy atom. The molecule has 3 heterocycles. The maximum atomic E-state index is 12.5. The Kier molecular flexibility index (Phi) is 4.80. The number of aryl methyl sites for hydroxylation is 1. The lowest BCUT2D eigenvalue weighted by Gasteiger charge is -2.31. The minimum atomic E-state index is -3.53. The van der Waals surface area contributed by atoms with Crippen LogP contribution >= 0.6 is 11.3 Å². The molecule has 1 aliphatic heterocycles. The molecule has 0 atom stereocenters. The number of para-hydroxylation sites is 1. The average molecular weight is 390 g/mol. The lowest BCUT2D eigenvalue weighted by atomic mass is 10.0. The normalized spacial score (nSPS) is 14.4. The third-order valence-electron chi connectivity index (χ3n) is 4.44. The molecule has 1 aromatic carbocycles. The van der Waals surface area contributed by atoms with E-state index in [9.17, 15) is 8.42 Å². The largest absolute Gasteiger partial charge is 0.370 e. The van der Waals surface area contributed by atoms with Crippen molar-refractivity contribution in [3.8, 4) is 11.3 Å². The monoisotopic (exact) mass is 389 g/mol. The van der Waals surface area contributed by atoms with Gasteiger partial charge in [-0.05, 0) is 30.5 Å². The second-order valence-electron chi connectivity index (χ2n) is 6.15. The van der Waals surface area contributed by atoms with E-state index in [1.54, 1.807) is 17.5 Å². The molecule has 0 saturated carbocycles. The fraction of sp³-hybridized carbons (Fsp3) is 0.278. The number of fused-ring (bicyclic) bond motifs is 1. The van der Waals surface area contributed by atoms with Gasteiger partial charge in [-0.25, -0.2) is 13.1 Å². The van der Waals surface area contributed by atoms with Crippen molar-refractivity contribution in [2.75, 3.05) is 24.5 Å². The van der Waals surface area contributed by atoms with Crippen molar-refractivity contribution in [3.05, 3.63) is 53.5 Å². The summed E-state index contributed by atoms with van der Waals surface area (Å²) in [6.07, 6.45) is 3.71. The van der Waals surface area contributed by atoms with Gasteiger partial charge in [-0.15, -0.1) is 11.3 Å². The smallest absolute Gasteiger partial charge is 0.250 e. The summed E-state index contributed by atoms with van der Waals surface area (Å²) in [7, 11) is -3.53. The van der Waals surface area contributed by atoms with E-state index < -0.39 is 10.0 Å². The molecule has 3 aromatic rings. The first kappa shape index (κ1) is 17.3. The fourth-order valence-electron chi connectivity index (χ4n) is 3.18. The first-order valence-corrected chi connectivity index (χ1v) is 10.8. The number of hydrogen-bond donors (Lipinski definition) is 1. The van der Waals surface area contributed by atoms with E-state index in [0.717, 1.165) is 24.9 Å². The van der Waals surface area contributed by atoms with E-state index in [1.165, 1.54) is 28.8 Å². The van der Waals surface area contributed by atoms with Crippen LogP contribution in [0, 0.1) is 0 Å². The van der Waals surface area contributed by atoms with Gasteiger partial charge in [-0.1, -0.05) is 23.4 Å². The number of rotatable bonds is 6. The van der Waals surface area contributed by atoms with Crippen LogP contribution in [0.1, 0.15) is 12.0 Å². The number of aromatic nitrogens is 1. The molecule has 1 aliphatic rings. The highest BCUT2D eigenvalue weighted by atomic mass is 32.2. The maximum Gasteiger partial charge on any atom is 0.250 e. The molecular weight excluding hydrogens is 370 g/mol. The van der Waals surface area contributed by atoms with Crippen LogP contribution in [0.15, 0.2) is 56.7 Å². The van der Waals surface area contributed by atoms with E-state index in [4.69, 9.17) is 4.52 Å². The van der Waals surface area contributed by atoms with Crippen molar-refractivity contribution in [1.29, 1.82) is 0 Å². The Labute approximate surface area is 156 Å². The molecule has 0 unspecified atom stereocenters. The van der Waals surface area contributed by atoms with Gasteiger partial charge >= 0.3 is 0 Å². The summed E-state index contributed by atoms with van der Waals surface area (Å²) in [5.74, 6) is 0.563. The van der Waals surface area contributed by atoms with Crippen molar-refractivity contribution in [2.24, 2.45) is 0 Å². The molecule has 2 aromatic heterocycles. The molecule has 136 valence electrons. The van der Waals surface area contributed by atoms with E-state index in [-0.39, 0.29) is 4.21 Å². The highest BCUT2D eigenvalue weighted by Crippen LogP contribution is 2.28. The molecule has 0 saturated heterocycles. The molecule has 4 rings (SSSR count). The van der Waals surface area contributed by atoms with Gasteiger partial charge in [0, 0.05) is 42.3 Å². The van der Waals surface area contributed by atoms with Gasteiger partial charge < -0.3 is 9.42 Å². The summed E-state index contributed by atoms with van der Waals surface area (Å²) >= 11 is 1.18. The summed E-state index contributed by atoms with van der Waals surface area (Å²) in [4.78, 5) is 2.25. The van der Waals surface area contributed by atoms with Crippen molar-refractivity contribution >= 4 is 27.0 Å². The molecular formula is C18H19N3O3S2. The predicted octanol–water partition coefficient (Wildman–Crippen LogP) is 3.13. The Morgan fingerprint density at radius 3 is 3.00 bits per heavy atom.